The molecule has 0 unspecified atom stereocenters. The lowest BCUT2D eigenvalue weighted by atomic mass is 10.1. The Morgan fingerprint density at radius 2 is 1.28 bits per heavy atom. The molecule has 2 atom stereocenters. The third-order valence-electron chi connectivity index (χ3n) is 2.08. The summed E-state index contributed by atoms with van der Waals surface area (Å²) in [5.74, 6) is 0.597. The van der Waals surface area contributed by atoms with E-state index < -0.39 is 0 Å². The number of hydrogen-bond donors (Lipinski definition) is 4. The second kappa shape index (κ2) is 34.0. The average Bonchev–Trinajstić information content (AvgIpc) is 2.33. The van der Waals surface area contributed by atoms with E-state index >= 15 is 0 Å². The van der Waals surface area contributed by atoms with Crippen molar-refractivity contribution in [2.75, 3.05) is 6.54 Å². The summed E-state index contributed by atoms with van der Waals surface area (Å²) < 4.78 is 0. The monoisotopic (exact) mass is 369 g/mol. The minimum atomic E-state index is -0.385. The molecule has 0 aliphatic carbocycles. The van der Waals surface area contributed by atoms with Gasteiger partial charge in [0.25, 0.3) is 0 Å². The summed E-state index contributed by atoms with van der Waals surface area (Å²) in [4.78, 5) is 23.7. The molecule has 0 amide bonds. The molecule has 0 bridgehead atoms. The van der Waals surface area contributed by atoms with E-state index in [1.54, 1.807) is 0 Å². The maximum absolute atomic E-state index is 10.0. The molecule has 0 fully saturated rings. The minimum Gasteiger partial charge on any atom is -0.370 e. The Bertz CT molecular complexity index is 268. The highest BCUT2D eigenvalue weighted by Crippen LogP contribution is 1.99. The largest absolute Gasteiger partial charge is 0.370 e. The van der Waals surface area contributed by atoms with Crippen LogP contribution in [0.15, 0.2) is 4.99 Å². The Kier molecular flexibility index (Phi) is 67.3. The second-order valence-electron chi connectivity index (χ2n) is 4.68. The van der Waals surface area contributed by atoms with Gasteiger partial charge in [-0.05, 0) is 25.2 Å². The predicted octanol–water partition coefficient (Wildman–Crippen LogP) is 2.94. The molecular formula is C18H51N5O2. The van der Waals surface area contributed by atoms with Crippen LogP contribution in [-0.4, -0.2) is 37.2 Å². The Morgan fingerprint density at radius 1 is 0.880 bits per heavy atom. The zero-order chi connectivity index (χ0) is 15.3. The number of carbonyl (C=O) groups is 2. The van der Waals surface area contributed by atoms with Crippen molar-refractivity contribution >= 4 is 18.5 Å². The molecule has 0 spiro atoms. The fourth-order valence-electron chi connectivity index (χ4n) is 1.20. The number of aliphatic imine (C=N–C) groups is 1. The maximum atomic E-state index is 10.0. The van der Waals surface area contributed by atoms with E-state index in [4.69, 9.17) is 22.9 Å². The molecule has 0 radical (unpaired) electrons. The molecule has 0 aromatic rings. The van der Waals surface area contributed by atoms with E-state index in [0.717, 1.165) is 25.4 Å². The molecule has 0 aliphatic rings. The molecule has 0 saturated carbocycles. The zero-order valence-electron chi connectivity index (χ0n) is 11.8. The number of rotatable bonds is 8. The number of nitrogens with two attached hydrogens (primary N) is 4. The fraction of sp³-hybridized carbons (Fsp3) is 0.833. The molecule has 160 valence electrons. The SMILES string of the molecule is C.C.C.C.C.C.CC(C)C[C@@H](N)C=O.NC(N)=NCCC[C@@H](N)C=O. The average molecular weight is 370 g/mol. The van der Waals surface area contributed by atoms with E-state index in [9.17, 15) is 9.59 Å². The van der Waals surface area contributed by atoms with Crippen LogP contribution in [-0.2, 0) is 9.59 Å². The third-order valence-corrected chi connectivity index (χ3v) is 2.08. The first-order valence-corrected chi connectivity index (χ1v) is 6.30. The number of aldehydes is 2. The molecule has 25 heavy (non-hydrogen) atoms. The van der Waals surface area contributed by atoms with E-state index in [0.29, 0.717) is 18.9 Å². The van der Waals surface area contributed by atoms with Crippen LogP contribution in [0.2, 0.25) is 0 Å². The summed E-state index contributed by atoms with van der Waals surface area (Å²) in [6.45, 7) is 4.62. The lowest BCUT2D eigenvalue weighted by Crippen LogP contribution is -2.24. The maximum Gasteiger partial charge on any atom is 0.185 e. The molecule has 0 rings (SSSR count). The van der Waals surface area contributed by atoms with Crippen molar-refractivity contribution in [3.63, 3.8) is 0 Å². The molecule has 0 heterocycles. The summed E-state index contributed by atoms with van der Waals surface area (Å²) in [7, 11) is 0. The summed E-state index contributed by atoms with van der Waals surface area (Å²) in [5.41, 5.74) is 20.8. The predicted molar refractivity (Wildman–Crippen MR) is 118 cm³/mol. The van der Waals surface area contributed by atoms with Crippen molar-refractivity contribution in [3.05, 3.63) is 0 Å². The third kappa shape index (κ3) is 51.9. The Hall–Kier alpha value is -1.47. The van der Waals surface area contributed by atoms with Crippen molar-refractivity contribution < 1.29 is 9.59 Å². The minimum absolute atomic E-state index is 0. The van der Waals surface area contributed by atoms with E-state index in [1.165, 1.54) is 0 Å². The molecule has 0 aliphatic heterocycles. The van der Waals surface area contributed by atoms with Gasteiger partial charge in [-0.2, -0.15) is 0 Å². The van der Waals surface area contributed by atoms with Gasteiger partial charge in [0.15, 0.2) is 5.96 Å². The molecule has 7 nitrogen and oxygen atoms in total. The number of hydrogen-bond acceptors (Lipinski definition) is 5. The molecular weight excluding hydrogens is 318 g/mol. The summed E-state index contributed by atoms with van der Waals surface area (Å²) in [6.07, 6.45) is 3.66. The van der Waals surface area contributed by atoms with Gasteiger partial charge in [0, 0.05) is 6.54 Å². The van der Waals surface area contributed by atoms with Crippen LogP contribution in [0, 0.1) is 5.92 Å². The van der Waals surface area contributed by atoms with Gasteiger partial charge in [-0.1, -0.05) is 58.4 Å². The van der Waals surface area contributed by atoms with Crippen LogP contribution in [0.25, 0.3) is 0 Å². The van der Waals surface area contributed by atoms with Gasteiger partial charge in [0.05, 0.1) is 12.1 Å². The summed E-state index contributed by atoms with van der Waals surface area (Å²) in [6, 6.07) is -0.640. The second-order valence-corrected chi connectivity index (χ2v) is 4.68. The standard InChI is InChI=1S/C6H14N4O.C6H13NO.6CH4/c7-5(4-11)2-1-3-10-6(8)9;1-5(2)3-6(7)4-8;;;;;;/h4-5H,1-3,7H2,(H4,8,9,10);4-6H,3,7H2,1-2H3;6*1H4/t5-;6-;;;;;;/m11....../s1. The Balaban J connectivity index is -0.0000000319. The van der Waals surface area contributed by atoms with Crippen LogP contribution < -0.4 is 22.9 Å². The van der Waals surface area contributed by atoms with Gasteiger partial charge in [-0.3, -0.25) is 4.99 Å². The van der Waals surface area contributed by atoms with Crippen LogP contribution in [0.1, 0.15) is 77.7 Å². The smallest absolute Gasteiger partial charge is 0.185 e. The van der Waals surface area contributed by atoms with Crippen LogP contribution >= 0.6 is 0 Å². The van der Waals surface area contributed by atoms with E-state index in [-0.39, 0.29) is 62.6 Å². The van der Waals surface area contributed by atoms with Crippen molar-refractivity contribution in [1.82, 2.24) is 0 Å². The summed E-state index contributed by atoms with van der Waals surface area (Å²) >= 11 is 0. The van der Waals surface area contributed by atoms with Gasteiger partial charge >= 0.3 is 0 Å². The van der Waals surface area contributed by atoms with Crippen LogP contribution in [0.5, 0.6) is 0 Å². The first-order chi connectivity index (χ1) is 8.83. The van der Waals surface area contributed by atoms with Crippen molar-refractivity contribution in [3.8, 4) is 0 Å². The quantitative estimate of drug-likeness (QED) is 0.223. The van der Waals surface area contributed by atoms with Crippen molar-refractivity contribution in [1.29, 1.82) is 0 Å². The first kappa shape index (κ1) is 49.5. The van der Waals surface area contributed by atoms with Gasteiger partial charge in [0.1, 0.15) is 12.6 Å². The van der Waals surface area contributed by atoms with Gasteiger partial charge in [-0.15, -0.1) is 0 Å². The van der Waals surface area contributed by atoms with Gasteiger partial charge in [0.2, 0.25) is 0 Å². The summed E-state index contributed by atoms with van der Waals surface area (Å²) in [5, 5.41) is 0. The highest BCUT2D eigenvalue weighted by molar-refractivity contribution is 5.75. The van der Waals surface area contributed by atoms with Crippen molar-refractivity contribution in [2.45, 2.75) is 89.8 Å². The van der Waals surface area contributed by atoms with Crippen LogP contribution in [0.3, 0.4) is 0 Å². The van der Waals surface area contributed by atoms with Crippen LogP contribution in [0.4, 0.5) is 0 Å². The highest BCUT2D eigenvalue weighted by atomic mass is 16.1. The van der Waals surface area contributed by atoms with Gasteiger partial charge < -0.3 is 32.5 Å². The fourth-order valence-corrected chi connectivity index (χ4v) is 1.20. The molecule has 7 heteroatoms. The molecule has 0 aromatic carbocycles. The van der Waals surface area contributed by atoms with Gasteiger partial charge in [-0.25, -0.2) is 0 Å². The Labute approximate surface area is 159 Å². The molecule has 0 aromatic heterocycles. The number of nitrogens with zero attached hydrogens (tertiary/aromatic N) is 1. The number of carbonyl (C=O) groups excluding carboxylic acids is 2. The first-order valence-electron chi connectivity index (χ1n) is 6.30. The lowest BCUT2D eigenvalue weighted by Gasteiger charge is -2.04. The molecule has 8 N–H and O–H groups in total. The van der Waals surface area contributed by atoms with E-state index in [1.807, 2.05) is 13.8 Å². The number of guanidine groups is 1. The zero-order valence-corrected chi connectivity index (χ0v) is 11.8. The molecule has 0 saturated heterocycles. The normalized spacial score (nSPS) is 9.80. The topological polar surface area (TPSA) is 151 Å². The van der Waals surface area contributed by atoms with E-state index in [2.05, 4.69) is 4.99 Å². The highest BCUT2D eigenvalue weighted by Gasteiger charge is 2.01. The Morgan fingerprint density at radius 3 is 1.52 bits per heavy atom. The lowest BCUT2D eigenvalue weighted by molar-refractivity contribution is -0.109. The van der Waals surface area contributed by atoms with Crippen molar-refractivity contribution in [2.24, 2.45) is 33.8 Å².